The van der Waals surface area contributed by atoms with E-state index in [1.165, 1.54) is 0 Å². The van der Waals surface area contributed by atoms with Crippen molar-refractivity contribution in [2.24, 2.45) is 0 Å². The molecule has 3 N–H and O–H groups in total. The summed E-state index contributed by atoms with van der Waals surface area (Å²) in [6.07, 6.45) is -0.198. The Morgan fingerprint density at radius 3 is 2.54 bits per heavy atom. The summed E-state index contributed by atoms with van der Waals surface area (Å²) in [6.45, 7) is 1.86. The summed E-state index contributed by atoms with van der Waals surface area (Å²) >= 11 is 0. The zero-order valence-electron chi connectivity index (χ0n) is 16.2. The number of fused-ring (bicyclic) bond motifs is 1. The maximum Gasteiger partial charge on any atom is 0.275 e. The van der Waals surface area contributed by atoms with E-state index >= 15 is 0 Å². The number of nitrogens with one attached hydrogen (secondary N) is 3. The minimum absolute atomic E-state index is 0.0399. The van der Waals surface area contributed by atoms with E-state index in [2.05, 4.69) is 10.6 Å². The van der Waals surface area contributed by atoms with Crippen LogP contribution in [0.4, 0.5) is 0 Å². The molecule has 0 aromatic heterocycles. The summed E-state index contributed by atoms with van der Waals surface area (Å²) in [7, 11) is 3.57. The van der Waals surface area contributed by atoms with Crippen LogP contribution < -0.4 is 25.0 Å². The molecule has 0 bridgehead atoms. The van der Waals surface area contributed by atoms with Crippen LogP contribution in [0.5, 0.6) is 11.5 Å². The molecule has 1 aliphatic rings. The maximum absolute atomic E-state index is 12.2. The predicted octanol–water partition coefficient (Wildman–Crippen LogP) is 0.0171. The molecule has 0 aliphatic carbocycles. The van der Waals surface area contributed by atoms with E-state index in [1.807, 2.05) is 43.4 Å². The highest BCUT2D eigenvalue weighted by molar-refractivity contribution is 5.93. The summed E-state index contributed by atoms with van der Waals surface area (Å²) in [5.41, 5.74) is 1.69. The fourth-order valence-electron chi connectivity index (χ4n) is 3.06. The van der Waals surface area contributed by atoms with E-state index in [9.17, 15) is 9.59 Å². The topological polar surface area (TPSA) is 81.1 Å². The van der Waals surface area contributed by atoms with Crippen LogP contribution in [0.3, 0.4) is 0 Å². The van der Waals surface area contributed by atoms with Crippen LogP contribution in [0.15, 0.2) is 48.5 Å². The van der Waals surface area contributed by atoms with Crippen molar-refractivity contribution in [1.29, 1.82) is 0 Å². The van der Waals surface area contributed by atoms with Crippen molar-refractivity contribution in [2.75, 3.05) is 33.8 Å². The van der Waals surface area contributed by atoms with Crippen molar-refractivity contribution in [3.05, 3.63) is 59.7 Å². The van der Waals surface area contributed by atoms with E-state index in [-0.39, 0.29) is 17.9 Å². The summed E-state index contributed by atoms with van der Waals surface area (Å²) in [5.74, 6) is 1.29. The largest absolute Gasteiger partial charge is 0.486 e. The fraction of sp³-hybridized carbons (Fsp3) is 0.333. The molecule has 1 aliphatic heterocycles. The van der Waals surface area contributed by atoms with E-state index < -0.39 is 0 Å². The first-order valence-corrected chi connectivity index (χ1v) is 9.32. The summed E-state index contributed by atoms with van der Waals surface area (Å²) in [6, 6.07) is 14.9. The Kier molecular flexibility index (Phi) is 6.49. The summed E-state index contributed by atoms with van der Waals surface area (Å²) in [5, 5.41) is 5.51. The van der Waals surface area contributed by atoms with E-state index in [0.717, 1.165) is 16.2 Å². The smallest absolute Gasteiger partial charge is 0.275 e. The Hall–Kier alpha value is -3.06. The number of benzene rings is 2. The fourth-order valence-corrected chi connectivity index (χ4v) is 3.06. The van der Waals surface area contributed by atoms with Gasteiger partial charge in [0, 0.05) is 18.2 Å². The highest BCUT2D eigenvalue weighted by Crippen LogP contribution is 2.30. The second-order valence-corrected chi connectivity index (χ2v) is 6.89. The zero-order chi connectivity index (χ0) is 19.9. The van der Waals surface area contributed by atoms with Crippen molar-refractivity contribution in [3.63, 3.8) is 0 Å². The highest BCUT2D eigenvalue weighted by atomic mass is 16.6. The summed E-state index contributed by atoms with van der Waals surface area (Å²) < 4.78 is 11.5. The average Bonchev–Trinajstić information content (AvgIpc) is 2.72. The third-order valence-corrected chi connectivity index (χ3v) is 4.51. The molecule has 3 rings (SSSR count). The Balaban J connectivity index is 1.41. The predicted molar refractivity (Wildman–Crippen MR) is 105 cm³/mol. The molecule has 28 heavy (non-hydrogen) atoms. The van der Waals surface area contributed by atoms with Gasteiger partial charge in [0.2, 0.25) is 0 Å². The van der Waals surface area contributed by atoms with E-state index in [0.29, 0.717) is 37.6 Å². The van der Waals surface area contributed by atoms with Gasteiger partial charge in [-0.1, -0.05) is 24.3 Å². The highest BCUT2D eigenvalue weighted by Gasteiger charge is 2.21. The number of carbonyl (C=O) groups excluding carboxylic acids is 2. The molecular formula is C21H26N3O4+. The van der Waals surface area contributed by atoms with Gasteiger partial charge in [-0.05, 0) is 24.3 Å². The molecule has 2 amide bonds. The molecule has 2 aromatic rings. The van der Waals surface area contributed by atoms with Crippen LogP contribution >= 0.6 is 0 Å². The first-order chi connectivity index (χ1) is 13.5. The van der Waals surface area contributed by atoms with Gasteiger partial charge in [-0.2, -0.15) is 0 Å². The molecule has 0 fully saturated rings. The van der Waals surface area contributed by atoms with Crippen molar-refractivity contribution in [3.8, 4) is 11.5 Å². The van der Waals surface area contributed by atoms with E-state index in [1.54, 1.807) is 19.2 Å². The van der Waals surface area contributed by atoms with Gasteiger partial charge < -0.3 is 25.0 Å². The monoisotopic (exact) mass is 384 g/mol. The van der Waals surface area contributed by atoms with Gasteiger partial charge in [0.15, 0.2) is 18.0 Å². The first kappa shape index (κ1) is 19.7. The number of ether oxygens (including phenoxy) is 2. The minimum atomic E-state index is -0.198. The van der Waals surface area contributed by atoms with Crippen LogP contribution in [0.25, 0.3) is 0 Å². The number of likely N-dealkylation sites (N-methyl/N-ethyl adjacent to an activating group) is 1. The van der Waals surface area contributed by atoms with Crippen LogP contribution in [-0.2, 0) is 11.3 Å². The molecular weight excluding hydrogens is 358 g/mol. The van der Waals surface area contributed by atoms with Crippen molar-refractivity contribution in [2.45, 2.75) is 12.6 Å². The molecule has 1 unspecified atom stereocenters. The number of hydrogen-bond donors (Lipinski definition) is 3. The molecule has 7 heteroatoms. The van der Waals surface area contributed by atoms with Gasteiger partial charge in [0.25, 0.3) is 11.8 Å². The SMILES string of the molecule is CNC(=O)c1ccc(C[NH+](C)CC(=O)NC[C@H]2COc3ccccc3O2)cc1. The van der Waals surface area contributed by atoms with Crippen LogP contribution in [0.1, 0.15) is 15.9 Å². The number of hydrogen-bond acceptors (Lipinski definition) is 4. The van der Waals surface area contributed by atoms with E-state index in [4.69, 9.17) is 9.47 Å². The molecule has 0 radical (unpaired) electrons. The lowest BCUT2D eigenvalue weighted by Crippen LogP contribution is -3.08. The number of amides is 2. The van der Waals surface area contributed by atoms with Gasteiger partial charge in [-0.3, -0.25) is 9.59 Å². The average molecular weight is 384 g/mol. The number of rotatable bonds is 7. The number of carbonyl (C=O) groups is 2. The molecule has 148 valence electrons. The molecule has 0 saturated heterocycles. The first-order valence-electron chi connectivity index (χ1n) is 9.32. The lowest BCUT2D eigenvalue weighted by Gasteiger charge is -2.26. The van der Waals surface area contributed by atoms with Crippen molar-refractivity contribution in [1.82, 2.24) is 10.6 Å². The van der Waals surface area contributed by atoms with Crippen LogP contribution in [-0.4, -0.2) is 51.7 Å². The normalized spacial score (nSPS) is 16.1. The standard InChI is InChI=1S/C21H25N3O4/c1-22-21(26)16-9-7-15(8-10-16)12-24(2)13-20(25)23-11-17-14-27-18-5-3-4-6-19(18)28-17/h3-10,17H,11-14H2,1-2H3,(H,22,26)(H,23,25)/p+1/t17-/m0/s1. The molecule has 7 nitrogen and oxygen atoms in total. The van der Waals surface area contributed by atoms with Gasteiger partial charge in [-0.25, -0.2) is 0 Å². The molecule has 1 heterocycles. The second-order valence-electron chi connectivity index (χ2n) is 6.89. The molecule has 0 saturated carbocycles. The van der Waals surface area contributed by atoms with Gasteiger partial charge in [-0.15, -0.1) is 0 Å². The summed E-state index contributed by atoms with van der Waals surface area (Å²) in [4.78, 5) is 24.9. The lowest BCUT2D eigenvalue weighted by molar-refractivity contribution is -0.885. The Bertz CT molecular complexity index is 823. The second kappa shape index (κ2) is 9.23. The Morgan fingerprint density at radius 1 is 1.11 bits per heavy atom. The van der Waals surface area contributed by atoms with Crippen LogP contribution in [0, 0.1) is 0 Å². The Morgan fingerprint density at radius 2 is 1.82 bits per heavy atom. The van der Waals surface area contributed by atoms with Gasteiger partial charge >= 0.3 is 0 Å². The van der Waals surface area contributed by atoms with Crippen molar-refractivity contribution < 1.29 is 24.0 Å². The van der Waals surface area contributed by atoms with Gasteiger partial charge in [0.1, 0.15) is 19.3 Å². The van der Waals surface area contributed by atoms with Gasteiger partial charge in [0.05, 0.1) is 13.6 Å². The Labute approximate surface area is 164 Å². The third kappa shape index (κ3) is 5.23. The lowest BCUT2D eigenvalue weighted by atomic mass is 10.1. The molecule has 2 aromatic carbocycles. The maximum atomic E-state index is 12.2. The molecule has 2 atom stereocenters. The van der Waals surface area contributed by atoms with Crippen LogP contribution in [0.2, 0.25) is 0 Å². The van der Waals surface area contributed by atoms with Crippen molar-refractivity contribution >= 4 is 11.8 Å². The third-order valence-electron chi connectivity index (χ3n) is 4.51. The quantitative estimate of drug-likeness (QED) is 0.629. The molecule has 0 spiro atoms. The zero-order valence-corrected chi connectivity index (χ0v) is 16.2. The minimum Gasteiger partial charge on any atom is -0.486 e. The number of para-hydroxylation sites is 2. The number of quaternary nitrogens is 1.